The Morgan fingerprint density at radius 2 is 1.84 bits per heavy atom. The molecule has 0 radical (unpaired) electrons. The lowest BCUT2D eigenvalue weighted by atomic mass is 10.2. The van der Waals surface area contributed by atoms with Crippen LogP contribution in [-0.4, -0.2) is 0 Å². The summed E-state index contributed by atoms with van der Waals surface area (Å²) in [6.07, 6.45) is 0. The van der Waals surface area contributed by atoms with Gasteiger partial charge >= 0.3 is 0 Å². The first-order valence-electron chi connectivity index (χ1n) is 5.52. The Bertz CT molecular complexity index is 587. The Balaban J connectivity index is 2.16. The van der Waals surface area contributed by atoms with Crippen molar-refractivity contribution in [2.24, 2.45) is 0 Å². The third-order valence-corrected chi connectivity index (χ3v) is 3.45. The zero-order valence-corrected chi connectivity index (χ0v) is 12.1. The number of ether oxygens (including phenoxy) is 1. The number of alkyl halides is 1. The Morgan fingerprint density at radius 3 is 2.53 bits per heavy atom. The van der Waals surface area contributed by atoms with Crippen molar-refractivity contribution in [3.05, 3.63) is 63.4 Å². The van der Waals surface area contributed by atoms with Crippen molar-refractivity contribution >= 4 is 34.8 Å². The number of benzene rings is 2. The first kappa shape index (κ1) is 14.4. The van der Waals surface area contributed by atoms with E-state index < -0.39 is 5.82 Å². The monoisotopic (exact) mass is 318 g/mol. The molecule has 0 aliphatic heterocycles. The van der Waals surface area contributed by atoms with E-state index in [2.05, 4.69) is 0 Å². The van der Waals surface area contributed by atoms with Gasteiger partial charge in [0.05, 0.1) is 15.9 Å². The van der Waals surface area contributed by atoms with Crippen molar-refractivity contribution in [1.29, 1.82) is 0 Å². The van der Waals surface area contributed by atoms with E-state index in [1.54, 1.807) is 18.2 Å². The summed E-state index contributed by atoms with van der Waals surface area (Å²) in [7, 11) is 0. The number of para-hydroxylation sites is 1. The van der Waals surface area contributed by atoms with Crippen LogP contribution >= 0.6 is 34.8 Å². The summed E-state index contributed by atoms with van der Waals surface area (Å²) >= 11 is 17.5. The van der Waals surface area contributed by atoms with Crippen molar-refractivity contribution in [3.63, 3.8) is 0 Å². The van der Waals surface area contributed by atoms with Gasteiger partial charge in [-0.25, -0.2) is 4.39 Å². The third-order valence-electron chi connectivity index (χ3n) is 2.56. The van der Waals surface area contributed by atoms with Crippen LogP contribution in [0.2, 0.25) is 10.0 Å². The van der Waals surface area contributed by atoms with E-state index in [1.165, 1.54) is 12.1 Å². The molecule has 0 aromatic heterocycles. The van der Waals surface area contributed by atoms with Gasteiger partial charge in [0.2, 0.25) is 0 Å². The molecule has 0 unspecified atom stereocenters. The summed E-state index contributed by atoms with van der Waals surface area (Å²) < 4.78 is 18.9. The Kier molecular flexibility index (Phi) is 4.92. The average molecular weight is 320 g/mol. The Morgan fingerprint density at radius 1 is 1.05 bits per heavy atom. The first-order chi connectivity index (χ1) is 9.11. The van der Waals surface area contributed by atoms with Crippen molar-refractivity contribution in [1.82, 2.24) is 0 Å². The highest BCUT2D eigenvalue weighted by molar-refractivity contribution is 6.32. The molecule has 0 spiro atoms. The molecule has 0 N–H and O–H groups in total. The molecule has 0 saturated carbocycles. The minimum absolute atomic E-state index is 0.0861. The molecular weight excluding hydrogens is 310 g/mol. The van der Waals surface area contributed by atoms with Crippen LogP contribution in [0.25, 0.3) is 0 Å². The number of rotatable bonds is 4. The summed E-state index contributed by atoms with van der Waals surface area (Å²) in [5.74, 6) is 0.347. The fraction of sp³-hybridized carbons (Fsp3) is 0.143. The van der Waals surface area contributed by atoms with Gasteiger partial charge in [0.1, 0.15) is 18.2 Å². The fourth-order valence-electron chi connectivity index (χ4n) is 1.61. The molecule has 0 saturated heterocycles. The van der Waals surface area contributed by atoms with Gasteiger partial charge < -0.3 is 4.74 Å². The van der Waals surface area contributed by atoms with Gasteiger partial charge in [-0.3, -0.25) is 0 Å². The molecule has 2 rings (SSSR count). The topological polar surface area (TPSA) is 9.23 Å². The van der Waals surface area contributed by atoms with E-state index in [1.807, 2.05) is 6.07 Å². The number of hydrogen-bond acceptors (Lipinski definition) is 1. The van der Waals surface area contributed by atoms with Gasteiger partial charge in [-0.2, -0.15) is 0 Å². The van der Waals surface area contributed by atoms with E-state index in [0.29, 0.717) is 22.2 Å². The van der Waals surface area contributed by atoms with Gasteiger partial charge in [-0.05, 0) is 23.8 Å². The number of halogens is 4. The molecule has 0 fully saturated rings. The lowest BCUT2D eigenvalue weighted by Crippen LogP contribution is -1.99. The quantitative estimate of drug-likeness (QED) is 0.681. The minimum atomic E-state index is -0.473. The van der Waals surface area contributed by atoms with Crippen molar-refractivity contribution in [3.8, 4) is 5.75 Å². The predicted molar refractivity (Wildman–Crippen MR) is 76.8 cm³/mol. The molecule has 0 atom stereocenters. The van der Waals surface area contributed by atoms with Crippen LogP contribution in [0.5, 0.6) is 5.75 Å². The van der Waals surface area contributed by atoms with E-state index >= 15 is 0 Å². The maximum absolute atomic E-state index is 13.3. The van der Waals surface area contributed by atoms with Crippen LogP contribution < -0.4 is 4.74 Å². The maximum Gasteiger partial charge on any atom is 0.142 e. The highest BCUT2D eigenvalue weighted by Gasteiger charge is 2.08. The summed E-state index contributed by atoms with van der Waals surface area (Å²) in [4.78, 5) is 0. The predicted octanol–water partition coefficient (Wildman–Crippen LogP) is 5.45. The third kappa shape index (κ3) is 3.53. The van der Waals surface area contributed by atoms with Crippen molar-refractivity contribution in [2.45, 2.75) is 12.5 Å². The molecule has 0 amide bonds. The zero-order valence-electron chi connectivity index (χ0n) is 9.80. The molecular formula is C14H10Cl3FO. The van der Waals surface area contributed by atoms with Crippen LogP contribution in [0.4, 0.5) is 4.39 Å². The molecule has 19 heavy (non-hydrogen) atoms. The molecule has 0 aliphatic carbocycles. The van der Waals surface area contributed by atoms with Crippen LogP contribution in [0.15, 0.2) is 36.4 Å². The van der Waals surface area contributed by atoms with Gasteiger partial charge in [-0.1, -0.05) is 41.4 Å². The molecule has 0 aliphatic rings. The zero-order chi connectivity index (χ0) is 13.8. The van der Waals surface area contributed by atoms with E-state index in [0.717, 1.165) is 5.56 Å². The first-order valence-corrected chi connectivity index (χ1v) is 6.81. The van der Waals surface area contributed by atoms with Gasteiger partial charge in [0.25, 0.3) is 0 Å². The molecule has 5 heteroatoms. The molecule has 0 heterocycles. The van der Waals surface area contributed by atoms with E-state index in [4.69, 9.17) is 39.5 Å². The van der Waals surface area contributed by atoms with Crippen molar-refractivity contribution < 1.29 is 9.13 Å². The summed E-state index contributed by atoms with van der Waals surface area (Å²) in [6.45, 7) is 0.196. The Labute approximate surface area is 125 Å². The van der Waals surface area contributed by atoms with Gasteiger partial charge in [0.15, 0.2) is 0 Å². The van der Waals surface area contributed by atoms with E-state index in [9.17, 15) is 4.39 Å². The second-order valence-corrected chi connectivity index (χ2v) is 4.98. The van der Waals surface area contributed by atoms with Crippen LogP contribution in [0.3, 0.4) is 0 Å². The largest absolute Gasteiger partial charge is 0.487 e. The second kappa shape index (κ2) is 6.47. The average Bonchev–Trinajstić information content (AvgIpc) is 2.41. The molecule has 100 valence electrons. The van der Waals surface area contributed by atoms with E-state index in [-0.39, 0.29) is 11.6 Å². The molecule has 2 aromatic rings. The van der Waals surface area contributed by atoms with Gasteiger partial charge in [0, 0.05) is 5.56 Å². The summed E-state index contributed by atoms with van der Waals surface area (Å²) in [6, 6.07) is 9.87. The highest BCUT2D eigenvalue weighted by Crippen LogP contribution is 2.30. The van der Waals surface area contributed by atoms with Crippen LogP contribution in [-0.2, 0) is 12.5 Å². The van der Waals surface area contributed by atoms with Crippen LogP contribution in [0, 0.1) is 5.82 Å². The maximum atomic E-state index is 13.3. The molecule has 0 bridgehead atoms. The van der Waals surface area contributed by atoms with Gasteiger partial charge in [-0.15, -0.1) is 11.6 Å². The SMILES string of the molecule is Fc1cc(COc2c(Cl)cccc2CCl)ccc1Cl. The standard InChI is InChI=1S/C14H10Cl3FO/c15-7-10-2-1-3-12(17)14(10)19-8-9-4-5-11(16)13(18)6-9/h1-6H,7-8H2. The Hall–Kier alpha value is -0.960. The minimum Gasteiger partial charge on any atom is -0.487 e. The molecule has 2 aromatic carbocycles. The summed E-state index contributed by atoms with van der Waals surface area (Å²) in [5, 5.41) is 0.565. The van der Waals surface area contributed by atoms with Crippen LogP contribution in [0.1, 0.15) is 11.1 Å². The highest BCUT2D eigenvalue weighted by atomic mass is 35.5. The number of hydrogen-bond donors (Lipinski definition) is 0. The fourth-order valence-corrected chi connectivity index (χ4v) is 2.18. The normalized spacial score (nSPS) is 10.5. The lowest BCUT2D eigenvalue weighted by Gasteiger charge is -2.12. The summed E-state index contributed by atoms with van der Waals surface area (Å²) in [5.41, 5.74) is 1.46. The lowest BCUT2D eigenvalue weighted by molar-refractivity contribution is 0.303. The smallest absolute Gasteiger partial charge is 0.142 e. The second-order valence-electron chi connectivity index (χ2n) is 3.90. The molecule has 1 nitrogen and oxygen atoms in total. The van der Waals surface area contributed by atoms with Crippen molar-refractivity contribution in [2.75, 3.05) is 0 Å².